The van der Waals surface area contributed by atoms with Gasteiger partial charge in [-0.15, -0.1) is 0 Å². The van der Waals surface area contributed by atoms with Gasteiger partial charge < -0.3 is 10.2 Å². The number of nitrogens with one attached hydrogen (secondary N) is 1. The Morgan fingerprint density at radius 1 is 1.42 bits per heavy atom. The quantitative estimate of drug-likeness (QED) is 0.398. The van der Waals surface area contributed by atoms with E-state index >= 15 is 0 Å². The van der Waals surface area contributed by atoms with E-state index in [-0.39, 0.29) is 16.7 Å². The predicted molar refractivity (Wildman–Crippen MR) is 103 cm³/mol. The molecule has 1 aromatic rings. The average molecular weight is 352 g/mol. The Hall–Kier alpha value is -1.69. The Kier molecular flexibility index (Phi) is 8.68. The molecule has 5 nitrogen and oxygen atoms in total. The highest BCUT2D eigenvalue weighted by Gasteiger charge is 2.17. The van der Waals surface area contributed by atoms with Gasteiger partial charge in [0.2, 0.25) is 0 Å². The molecular weight excluding hydrogens is 322 g/mol. The summed E-state index contributed by atoms with van der Waals surface area (Å²) in [5, 5.41) is 15.0. The van der Waals surface area contributed by atoms with Crippen molar-refractivity contribution in [1.82, 2.24) is 10.2 Å². The summed E-state index contributed by atoms with van der Waals surface area (Å²) in [6, 6.07) is 6.70. The van der Waals surface area contributed by atoms with Crippen LogP contribution in [-0.2, 0) is 0 Å². The van der Waals surface area contributed by atoms with Crippen LogP contribution in [0.5, 0.6) is 0 Å². The number of hydrogen-bond acceptors (Lipinski definition) is 3. The second-order valence-corrected chi connectivity index (χ2v) is 6.63. The summed E-state index contributed by atoms with van der Waals surface area (Å²) in [6.07, 6.45) is 4.81. The van der Waals surface area contributed by atoms with Crippen LogP contribution in [0, 0.1) is 16.0 Å². The van der Waals surface area contributed by atoms with Gasteiger partial charge >= 0.3 is 0 Å². The van der Waals surface area contributed by atoms with Crippen molar-refractivity contribution in [2.75, 3.05) is 13.6 Å². The third-order valence-corrected chi connectivity index (χ3v) is 4.98. The molecule has 24 heavy (non-hydrogen) atoms. The van der Waals surface area contributed by atoms with Crippen molar-refractivity contribution >= 4 is 23.0 Å². The molecule has 0 aliphatic heterocycles. The highest BCUT2D eigenvalue weighted by atomic mass is 32.1. The Balaban J connectivity index is 2.64. The van der Waals surface area contributed by atoms with Crippen molar-refractivity contribution in [1.29, 1.82) is 0 Å². The first kappa shape index (κ1) is 20.4. The van der Waals surface area contributed by atoms with Gasteiger partial charge in [0.1, 0.15) is 0 Å². The summed E-state index contributed by atoms with van der Waals surface area (Å²) in [7, 11) is 1.92. The van der Waals surface area contributed by atoms with Crippen LogP contribution in [0.3, 0.4) is 0 Å². The molecule has 1 aromatic carbocycles. The second-order valence-electron chi connectivity index (χ2n) is 6.24. The monoisotopic (exact) mass is 351 g/mol. The molecule has 0 fully saturated rings. The Morgan fingerprint density at radius 2 is 2.12 bits per heavy atom. The first-order valence-electron chi connectivity index (χ1n) is 8.65. The molecule has 134 valence electrons. The van der Waals surface area contributed by atoms with E-state index in [1.54, 1.807) is 12.1 Å². The summed E-state index contributed by atoms with van der Waals surface area (Å²) in [5.74, 6) is 0.629. The summed E-state index contributed by atoms with van der Waals surface area (Å²) in [5.41, 5.74) is 0.992. The van der Waals surface area contributed by atoms with Crippen molar-refractivity contribution in [3.63, 3.8) is 0 Å². The summed E-state index contributed by atoms with van der Waals surface area (Å²) >= 11 is 5.50. The number of nitro groups is 1. The smallest absolute Gasteiger partial charge is 0.269 e. The normalized spacial score (nSPS) is 13.2. The van der Waals surface area contributed by atoms with Gasteiger partial charge in [-0.05, 0) is 37.0 Å². The molecular formula is C18H29N3O2S. The van der Waals surface area contributed by atoms with Gasteiger partial charge in [-0.3, -0.25) is 10.1 Å². The van der Waals surface area contributed by atoms with Gasteiger partial charge in [0.25, 0.3) is 5.69 Å². The van der Waals surface area contributed by atoms with Crippen LogP contribution >= 0.6 is 12.2 Å². The lowest BCUT2D eigenvalue weighted by Gasteiger charge is -2.29. The second kappa shape index (κ2) is 10.2. The van der Waals surface area contributed by atoms with Gasteiger partial charge in [0.15, 0.2) is 5.11 Å². The molecule has 1 rings (SSSR count). The highest BCUT2D eigenvalue weighted by molar-refractivity contribution is 7.80. The van der Waals surface area contributed by atoms with Crippen LogP contribution in [0.1, 0.15) is 58.1 Å². The van der Waals surface area contributed by atoms with E-state index in [1.807, 2.05) is 24.9 Å². The Morgan fingerprint density at radius 3 is 2.71 bits per heavy atom. The number of nitrogens with zero attached hydrogens (tertiary/aromatic N) is 2. The van der Waals surface area contributed by atoms with E-state index in [9.17, 15) is 10.1 Å². The lowest BCUT2D eigenvalue weighted by molar-refractivity contribution is -0.384. The van der Waals surface area contributed by atoms with E-state index in [0.29, 0.717) is 11.0 Å². The highest BCUT2D eigenvalue weighted by Crippen LogP contribution is 2.23. The van der Waals surface area contributed by atoms with Crippen LogP contribution in [-0.4, -0.2) is 28.5 Å². The van der Waals surface area contributed by atoms with Crippen LogP contribution in [0.15, 0.2) is 24.3 Å². The standard InChI is InChI=1S/C18H29N3O2S/c1-5-7-9-15(6-2)13-19-18(24)20(4)14(3)16-10-8-11-17(12-16)21(22)23/h8,10-12,14-15H,5-7,9,13H2,1-4H3,(H,19,24)/t14-,15-/m0/s1. The molecule has 6 heteroatoms. The number of thiocarbonyl (C=S) groups is 1. The molecule has 0 aliphatic carbocycles. The van der Waals surface area contributed by atoms with Crippen LogP contribution in [0.4, 0.5) is 5.69 Å². The molecule has 0 bridgehead atoms. The number of rotatable bonds is 9. The van der Waals surface area contributed by atoms with Crippen LogP contribution in [0.2, 0.25) is 0 Å². The maximum atomic E-state index is 10.9. The molecule has 0 saturated carbocycles. The zero-order valence-corrected chi connectivity index (χ0v) is 15.9. The SMILES string of the molecule is CCCC[C@H](CC)CNC(=S)N(C)[C@@H](C)c1cccc([N+](=O)[O-])c1. The molecule has 0 saturated heterocycles. The summed E-state index contributed by atoms with van der Waals surface area (Å²) < 4.78 is 0. The number of non-ortho nitro benzene ring substituents is 1. The van der Waals surface area contributed by atoms with E-state index in [0.717, 1.165) is 18.5 Å². The van der Waals surface area contributed by atoms with Crippen LogP contribution < -0.4 is 5.32 Å². The first-order valence-corrected chi connectivity index (χ1v) is 9.06. The zero-order valence-electron chi connectivity index (χ0n) is 15.1. The van der Waals surface area contributed by atoms with Crippen LogP contribution in [0.25, 0.3) is 0 Å². The number of benzene rings is 1. The fraction of sp³-hybridized carbons (Fsp3) is 0.611. The largest absolute Gasteiger partial charge is 0.362 e. The van der Waals surface area contributed by atoms with Gasteiger partial charge in [-0.25, -0.2) is 0 Å². The zero-order chi connectivity index (χ0) is 18.1. The predicted octanol–water partition coefficient (Wildman–Crippen LogP) is 4.68. The van der Waals surface area contributed by atoms with Gasteiger partial charge in [-0.2, -0.15) is 0 Å². The number of hydrogen-bond donors (Lipinski definition) is 1. The minimum Gasteiger partial charge on any atom is -0.362 e. The molecule has 2 atom stereocenters. The maximum Gasteiger partial charge on any atom is 0.269 e. The molecule has 1 N–H and O–H groups in total. The third-order valence-electron chi connectivity index (χ3n) is 4.55. The van der Waals surface area contributed by atoms with E-state index in [1.165, 1.54) is 25.3 Å². The molecule has 0 aliphatic rings. The molecule has 0 heterocycles. The molecule has 0 spiro atoms. The molecule has 0 radical (unpaired) electrons. The molecule has 0 aromatic heterocycles. The third kappa shape index (κ3) is 6.07. The van der Waals surface area contributed by atoms with Gasteiger partial charge in [0, 0.05) is 25.7 Å². The number of nitro benzene ring substituents is 1. The van der Waals surface area contributed by atoms with Crippen molar-refractivity contribution < 1.29 is 4.92 Å². The lowest BCUT2D eigenvalue weighted by Crippen LogP contribution is -2.40. The molecule has 0 amide bonds. The number of unbranched alkanes of at least 4 members (excludes halogenated alkanes) is 1. The fourth-order valence-electron chi connectivity index (χ4n) is 2.60. The van der Waals surface area contributed by atoms with Crippen molar-refractivity contribution in [2.45, 2.75) is 52.5 Å². The summed E-state index contributed by atoms with van der Waals surface area (Å²) in [6.45, 7) is 7.29. The fourth-order valence-corrected chi connectivity index (χ4v) is 2.84. The van der Waals surface area contributed by atoms with Gasteiger partial charge in [0.05, 0.1) is 11.0 Å². The van der Waals surface area contributed by atoms with Gasteiger partial charge in [-0.1, -0.05) is 45.2 Å². The van der Waals surface area contributed by atoms with Crippen molar-refractivity contribution in [3.8, 4) is 0 Å². The maximum absolute atomic E-state index is 10.9. The lowest BCUT2D eigenvalue weighted by atomic mass is 9.99. The minimum absolute atomic E-state index is 0.0272. The minimum atomic E-state index is -0.369. The average Bonchev–Trinajstić information content (AvgIpc) is 2.60. The van der Waals surface area contributed by atoms with E-state index < -0.39 is 0 Å². The molecule has 0 unspecified atom stereocenters. The van der Waals surface area contributed by atoms with E-state index in [2.05, 4.69) is 19.2 Å². The first-order chi connectivity index (χ1) is 11.4. The topological polar surface area (TPSA) is 58.4 Å². The Bertz CT molecular complexity index is 551. The van der Waals surface area contributed by atoms with Crippen molar-refractivity contribution in [2.24, 2.45) is 5.92 Å². The van der Waals surface area contributed by atoms with Crippen molar-refractivity contribution in [3.05, 3.63) is 39.9 Å². The summed E-state index contributed by atoms with van der Waals surface area (Å²) in [4.78, 5) is 12.5. The van der Waals surface area contributed by atoms with E-state index in [4.69, 9.17) is 12.2 Å². The Labute approximate surface area is 150 Å².